The van der Waals surface area contributed by atoms with E-state index in [0.717, 1.165) is 55.6 Å². The standard InChI is InChI=1S/C65H68N4O/c1-42-30-61(66-40-56(42)43-20-15-14-16-21-43)69-57-29-26-44(45-31-46(62(2,3)4)34-47(32-45)63(5,6)7)33-55(57)54-28-27-53(39-60(54)69)70-52-23-19-22-50(38-52)67-41-68(59-25-18-17-24-58(59)67)51-36-48(64(8,9)10)35-49(37-51)65(11,12)13/h14-40H,41H2,1-13H3/i14D,15D,16D,20D,21D. The first-order chi connectivity index (χ1) is 35.2. The van der Waals surface area contributed by atoms with Gasteiger partial charge in [0, 0.05) is 46.0 Å². The van der Waals surface area contributed by atoms with Gasteiger partial charge in [0.25, 0.3) is 0 Å². The van der Waals surface area contributed by atoms with Crippen LogP contribution in [0.15, 0.2) is 164 Å². The number of hydrogen-bond acceptors (Lipinski definition) is 4. The molecule has 5 nitrogen and oxygen atoms in total. The van der Waals surface area contributed by atoms with Gasteiger partial charge >= 0.3 is 0 Å². The zero-order chi connectivity index (χ0) is 53.8. The molecule has 0 radical (unpaired) electrons. The molecule has 3 heterocycles. The Labute approximate surface area is 423 Å². The Balaban J connectivity index is 1.07. The molecule has 0 saturated carbocycles. The lowest BCUT2D eigenvalue weighted by Crippen LogP contribution is -2.25. The summed E-state index contributed by atoms with van der Waals surface area (Å²) in [5.41, 5.74) is 14.9. The van der Waals surface area contributed by atoms with Crippen molar-refractivity contribution in [3.05, 3.63) is 192 Å². The van der Waals surface area contributed by atoms with E-state index in [1.165, 1.54) is 27.9 Å². The summed E-state index contributed by atoms with van der Waals surface area (Å²) in [6.07, 6.45) is 1.63. The van der Waals surface area contributed by atoms with Gasteiger partial charge in [-0.1, -0.05) is 162 Å². The van der Waals surface area contributed by atoms with Gasteiger partial charge in [-0.2, -0.15) is 0 Å². The lowest BCUT2D eigenvalue weighted by molar-refractivity contribution is 0.483. The molecular weight excluding hydrogens is 853 g/mol. The first-order valence-electron chi connectivity index (χ1n) is 27.0. The topological polar surface area (TPSA) is 33.5 Å². The number of rotatable bonds is 7. The molecule has 70 heavy (non-hydrogen) atoms. The van der Waals surface area contributed by atoms with Crippen LogP contribution in [0.4, 0.5) is 22.7 Å². The van der Waals surface area contributed by atoms with Crippen LogP contribution in [0, 0.1) is 6.92 Å². The lowest BCUT2D eigenvalue weighted by Gasteiger charge is -2.29. The number of pyridine rings is 1. The number of aryl methyl sites for hydroxylation is 1. The maximum atomic E-state index is 8.74. The fourth-order valence-corrected chi connectivity index (χ4v) is 9.60. The average molecular weight is 926 g/mol. The summed E-state index contributed by atoms with van der Waals surface area (Å²) in [5, 5.41) is 2.06. The summed E-state index contributed by atoms with van der Waals surface area (Å²) < 4.78 is 51.4. The molecule has 2 aromatic heterocycles. The highest BCUT2D eigenvalue weighted by molar-refractivity contribution is 6.11. The smallest absolute Gasteiger partial charge is 0.137 e. The maximum absolute atomic E-state index is 8.74. The third-order valence-corrected chi connectivity index (χ3v) is 13.9. The van der Waals surface area contributed by atoms with Gasteiger partial charge in [0.1, 0.15) is 24.0 Å². The highest BCUT2D eigenvalue weighted by Crippen LogP contribution is 2.47. The zero-order valence-electron chi connectivity index (χ0n) is 48.1. The van der Waals surface area contributed by atoms with Crippen molar-refractivity contribution in [3.63, 3.8) is 0 Å². The molecule has 7 aromatic carbocycles. The van der Waals surface area contributed by atoms with Gasteiger partial charge in [-0.3, -0.25) is 4.57 Å². The van der Waals surface area contributed by atoms with Crippen LogP contribution in [0.1, 0.15) is 118 Å². The molecule has 0 spiro atoms. The van der Waals surface area contributed by atoms with E-state index >= 15 is 0 Å². The van der Waals surface area contributed by atoms with Crippen molar-refractivity contribution < 1.29 is 11.6 Å². The predicted octanol–water partition coefficient (Wildman–Crippen LogP) is 18.1. The van der Waals surface area contributed by atoms with Crippen molar-refractivity contribution in [2.24, 2.45) is 0 Å². The molecule has 5 heteroatoms. The van der Waals surface area contributed by atoms with E-state index in [9.17, 15) is 0 Å². The molecular formula is C65H68N4O. The Morgan fingerprint density at radius 1 is 0.486 bits per heavy atom. The van der Waals surface area contributed by atoms with Crippen molar-refractivity contribution >= 4 is 44.6 Å². The molecule has 1 aliphatic rings. The van der Waals surface area contributed by atoms with Crippen molar-refractivity contribution in [2.45, 2.75) is 112 Å². The highest BCUT2D eigenvalue weighted by Gasteiger charge is 2.31. The first-order valence-corrected chi connectivity index (χ1v) is 24.5. The van der Waals surface area contributed by atoms with Crippen molar-refractivity contribution in [3.8, 4) is 39.6 Å². The van der Waals surface area contributed by atoms with Crippen LogP contribution in [-0.2, 0) is 21.7 Å². The fourth-order valence-electron chi connectivity index (χ4n) is 9.60. The van der Waals surface area contributed by atoms with Gasteiger partial charge in [0.2, 0.25) is 0 Å². The Kier molecular flexibility index (Phi) is 9.95. The lowest BCUT2D eigenvalue weighted by atomic mass is 9.79. The molecule has 1 aliphatic heterocycles. The highest BCUT2D eigenvalue weighted by atomic mass is 16.5. The second-order valence-electron chi connectivity index (χ2n) is 23.3. The van der Waals surface area contributed by atoms with Crippen molar-refractivity contribution in [2.75, 3.05) is 16.5 Å². The Bertz CT molecular complexity index is 3660. The SMILES string of the molecule is [2H]c1c([2H])c([2H])c(-c2cnc(-n3c4ccc(-c5cc(C(C)(C)C)cc(C(C)(C)C)c5)cc4c4ccc(Oc5cccc(N6CN(c7cc(C(C)(C)C)cc(C(C)(C)C)c7)c7ccccc76)c5)cc43)cc2C)c([2H])c1[2H]. The fraction of sp³-hybridized carbons (Fsp3) is 0.277. The summed E-state index contributed by atoms with van der Waals surface area (Å²) in [6, 6.07) is 44.1. The number of hydrogen-bond donors (Lipinski definition) is 0. The molecule has 0 amide bonds. The summed E-state index contributed by atoms with van der Waals surface area (Å²) in [7, 11) is 0. The minimum atomic E-state index is -0.425. The van der Waals surface area contributed by atoms with E-state index in [2.05, 4.69) is 207 Å². The normalized spacial score (nSPS) is 14.4. The average Bonchev–Trinajstić information content (AvgIpc) is 3.90. The minimum absolute atomic E-state index is 0.0203. The van der Waals surface area contributed by atoms with E-state index in [0.29, 0.717) is 29.5 Å². The number of aromatic nitrogens is 2. The Morgan fingerprint density at radius 2 is 1.07 bits per heavy atom. The number of benzene rings is 7. The van der Waals surface area contributed by atoms with Gasteiger partial charge in [0.05, 0.1) is 29.3 Å². The summed E-state index contributed by atoms with van der Waals surface area (Å²) in [5.74, 6) is 1.98. The molecule has 354 valence electrons. The summed E-state index contributed by atoms with van der Waals surface area (Å²) >= 11 is 0. The summed E-state index contributed by atoms with van der Waals surface area (Å²) in [6.45, 7) is 29.8. The molecule has 0 unspecified atom stereocenters. The molecule has 0 aliphatic carbocycles. The third kappa shape index (κ3) is 8.87. The van der Waals surface area contributed by atoms with Gasteiger partial charge in [0.15, 0.2) is 0 Å². The van der Waals surface area contributed by atoms with E-state index in [1.54, 1.807) is 6.20 Å². The van der Waals surface area contributed by atoms with Gasteiger partial charge in [-0.25, -0.2) is 4.98 Å². The Hall–Kier alpha value is -7.11. The summed E-state index contributed by atoms with van der Waals surface area (Å²) in [4.78, 5) is 9.78. The molecule has 0 atom stereocenters. The molecule has 0 saturated heterocycles. The number of ether oxygens (including phenoxy) is 1. The predicted molar refractivity (Wildman–Crippen MR) is 298 cm³/mol. The molecule has 10 rings (SSSR count). The number of nitrogens with zero attached hydrogens (tertiary/aromatic N) is 4. The first kappa shape index (κ1) is 40.7. The van der Waals surface area contributed by atoms with Crippen molar-refractivity contribution in [1.29, 1.82) is 0 Å². The van der Waals surface area contributed by atoms with Gasteiger partial charge in [-0.15, -0.1) is 0 Å². The van der Waals surface area contributed by atoms with Crippen LogP contribution in [0.3, 0.4) is 0 Å². The zero-order valence-corrected chi connectivity index (χ0v) is 43.1. The van der Waals surface area contributed by atoms with Gasteiger partial charge < -0.3 is 14.5 Å². The number of para-hydroxylation sites is 2. The molecule has 9 aromatic rings. The maximum Gasteiger partial charge on any atom is 0.137 e. The molecule has 0 N–H and O–H groups in total. The van der Waals surface area contributed by atoms with Crippen LogP contribution in [0.5, 0.6) is 11.5 Å². The minimum Gasteiger partial charge on any atom is -0.457 e. The van der Waals surface area contributed by atoms with Crippen molar-refractivity contribution in [1.82, 2.24) is 9.55 Å². The number of anilines is 4. The largest absolute Gasteiger partial charge is 0.457 e. The van der Waals surface area contributed by atoms with Crippen LogP contribution < -0.4 is 14.5 Å². The second kappa shape index (κ2) is 17.1. The quantitative estimate of drug-likeness (QED) is 0.159. The van der Waals surface area contributed by atoms with E-state index in [4.69, 9.17) is 16.6 Å². The molecule has 0 bridgehead atoms. The van der Waals surface area contributed by atoms with E-state index < -0.39 is 6.04 Å². The molecule has 0 fully saturated rings. The van der Waals surface area contributed by atoms with Crippen LogP contribution >= 0.6 is 0 Å². The third-order valence-electron chi connectivity index (χ3n) is 13.9. The Morgan fingerprint density at radius 3 is 1.67 bits per heavy atom. The monoisotopic (exact) mass is 926 g/mol. The van der Waals surface area contributed by atoms with Crippen LogP contribution in [0.25, 0.3) is 49.9 Å². The van der Waals surface area contributed by atoms with Crippen LogP contribution in [0.2, 0.25) is 0 Å². The number of fused-ring (bicyclic) bond motifs is 4. The van der Waals surface area contributed by atoms with E-state index in [-0.39, 0.29) is 51.4 Å². The van der Waals surface area contributed by atoms with E-state index in [1.807, 2.05) is 25.1 Å². The van der Waals surface area contributed by atoms with Crippen LogP contribution in [-0.4, -0.2) is 16.2 Å². The second-order valence-corrected chi connectivity index (χ2v) is 23.3. The van der Waals surface area contributed by atoms with Gasteiger partial charge in [-0.05, 0) is 140 Å².